The third kappa shape index (κ3) is 6.92. The Morgan fingerprint density at radius 2 is 1.94 bits per heavy atom. The largest absolute Gasteiger partial charge is 0.396 e. The van der Waals surface area contributed by atoms with Crippen LogP contribution in [0.1, 0.15) is 19.3 Å². The number of ether oxygens (including phenoxy) is 1. The van der Waals surface area contributed by atoms with Crippen LogP contribution < -0.4 is 0 Å². The standard InChI is InChI=1S/C10H18O5S2/c11-4-1-2-8(12)7(6-17)10(14)15-9(13)3-5-16/h7-8,11-12,16-17H,1-6H2. The summed E-state index contributed by atoms with van der Waals surface area (Å²) in [5.74, 6) is -1.92. The van der Waals surface area contributed by atoms with Gasteiger partial charge in [-0.15, -0.1) is 0 Å². The summed E-state index contributed by atoms with van der Waals surface area (Å²) in [5.41, 5.74) is 0. The van der Waals surface area contributed by atoms with Crippen LogP contribution in [-0.4, -0.2) is 46.4 Å². The van der Waals surface area contributed by atoms with Crippen molar-refractivity contribution >= 4 is 37.2 Å². The van der Waals surface area contributed by atoms with E-state index in [9.17, 15) is 14.7 Å². The quantitative estimate of drug-likeness (QED) is 0.287. The molecule has 5 nitrogen and oxygen atoms in total. The first-order valence-electron chi connectivity index (χ1n) is 5.32. The molecule has 2 N–H and O–H groups in total. The number of carbonyl (C=O) groups is 2. The van der Waals surface area contributed by atoms with Gasteiger partial charge in [0.05, 0.1) is 18.4 Å². The fraction of sp³-hybridized carbons (Fsp3) is 0.800. The fourth-order valence-corrected chi connectivity index (χ4v) is 1.76. The van der Waals surface area contributed by atoms with Crippen LogP contribution in [0.2, 0.25) is 0 Å². The zero-order valence-electron chi connectivity index (χ0n) is 9.41. The highest BCUT2D eigenvalue weighted by molar-refractivity contribution is 7.80. The van der Waals surface area contributed by atoms with E-state index in [1.54, 1.807) is 0 Å². The van der Waals surface area contributed by atoms with Crippen molar-refractivity contribution < 1.29 is 24.5 Å². The molecule has 100 valence electrons. The van der Waals surface area contributed by atoms with Gasteiger partial charge >= 0.3 is 11.9 Å². The van der Waals surface area contributed by atoms with Crippen molar-refractivity contribution in [3.8, 4) is 0 Å². The van der Waals surface area contributed by atoms with Crippen LogP contribution in [0.15, 0.2) is 0 Å². The second-order valence-electron chi connectivity index (χ2n) is 3.49. The van der Waals surface area contributed by atoms with E-state index >= 15 is 0 Å². The maximum absolute atomic E-state index is 11.5. The first-order valence-corrected chi connectivity index (χ1v) is 6.58. The second kappa shape index (κ2) is 9.76. The molecule has 2 atom stereocenters. The topological polar surface area (TPSA) is 83.8 Å². The van der Waals surface area contributed by atoms with E-state index in [0.29, 0.717) is 12.2 Å². The van der Waals surface area contributed by atoms with Gasteiger partial charge in [0.25, 0.3) is 0 Å². The lowest BCUT2D eigenvalue weighted by molar-refractivity contribution is -0.164. The molecule has 2 unspecified atom stereocenters. The Morgan fingerprint density at radius 1 is 1.29 bits per heavy atom. The summed E-state index contributed by atoms with van der Waals surface area (Å²) < 4.78 is 4.55. The maximum atomic E-state index is 11.5. The normalized spacial score (nSPS) is 14.1. The number of aliphatic hydroxyl groups excluding tert-OH is 2. The summed E-state index contributed by atoms with van der Waals surface area (Å²) in [7, 11) is 0. The van der Waals surface area contributed by atoms with Crippen LogP contribution in [-0.2, 0) is 14.3 Å². The molecule has 0 amide bonds. The van der Waals surface area contributed by atoms with Crippen LogP contribution in [0, 0.1) is 5.92 Å². The number of carbonyl (C=O) groups excluding carboxylic acids is 2. The summed E-state index contributed by atoms with van der Waals surface area (Å²) >= 11 is 7.78. The van der Waals surface area contributed by atoms with E-state index in [1.165, 1.54) is 0 Å². The molecule has 0 saturated heterocycles. The van der Waals surface area contributed by atoms with Gasteiger partial charge in [-0.2, -0.15) is 25.3 Å². The Balaban J connectivity index is 4.24. The van der Waals surface area contributed by atoms with E-state index in [2.05, 4.69) is 30.0 Å². The smallest absolute Gasteiger partial charge is 0.320 e. The molecule has 0 aliphatic heterocycles. The third-order valence-electron chi connectivity index (χ3n) is 2.15. The van der Waals surface area contributed by atoms with Gasteiger partial charge in [-0.05, 0) is 12.8 Å². The van der Waals surface area contributed by atoms with Crippen molar-refractivity contribution in [3.63, 3.8) is 0 Å². The van der Waals surface area contributed by atoms with Gasteiger partial charge in [-0.25, -0.2) is 0 Å². The molecular formula is C10H18O5S2. The minimum atomic E-state index is -0.962. The minimum absolute atomic E-state index is 0.0425. The SMILES string of the molecule is O=C(CCS)OC(=O)C(CS)C(O)CCCO. The minimum Gasteiger partial charge on any atom is -0.396 e. The van der Waals surface area contributed by atoms with Crippen LogP contribution in [0.4, 0.5) is 0 Å². The Hall–Kier alpha value is -0.240. The number of rotatable bonds is 8. The first-order chi connectivity index (χ1) is 8.06. The number of hydrogen-bond donors (Lipinski definition) is 4. The molecule has 0 rings (SSSR count). The Morgan fingerprint density at radius 3 is 2.41 bits per heavy atom. The molecule has 17 heavy (non-hydrogen) atoms. The Labute approximate surface area is 111 Å². The van der Waals surface area contributed by atoms with Gasteiger partial charge in [0.2, 0.25) is 0 Å². The number of thiol groups is 2. The van der Waals surface area contributed by atoms with Gasteiger partial charge in [0.1, 0.15) is 0 Å². The highest BCUT2D eigenvalue weighted by Crippen LogP contribution is 2.14. The molecule has 0 aliphatic carbocycles. The fourth-order valence-electron chi connectivity index (χ4n) is 1.19. The average molecular weight is 282 g/mol. The van der Waals surface area contributed by atoms with Crippen molar-refractivity contribution in [1.29, 1.82) is 0 Å². The molecule has 0 radical (unpaired) electrons. The maximum Gasteiger partial charge on any atom is 0.320 e. The van der Waals surface area contributed by atoms with E-state index in [-0.39, 0.29) is 25.2 Å². The van der Waals surface area contributed by atoms with E-state index in [1.807, 2.05) is 0 Å². The van der Waals surface area contributed by atoms with E-state index < -0.39 is 24.0 Å². The van der Waals surface area contributed by atoms with Crippen LogP contribution >= 0.6 is 25.3 Å². The van der Waals surface area contributed by atoms with Gasteiger partial charge in [0.15, 0.2) is 0 Å². The second-order valence-corrected chi connectivity index (χ2v) is 4.30. The summed E-state index contributed by atoms with van der Waals surface area (Å²) in [5, 5.41) is 18.3. The molecule has 0 heterocycles. The van der Waals surface area contributed by atoms with E-state index in [4.69, 9.17) is 5.11 Å². The van der Waals surface area contributed by atoms with Crippen molar-refractivity contribution in [1.82, 2.24) is 0 Å². The summed E-state index contributed by atoms with van der Waals surface area (Å²) in [6.45, 7) is -0.0655. The van der Waals surface area contributed by atoms with Crippen LogP contribution in [0.3, 0.4) is 0 Å². The van der Waals surface area contributed by atoms with Gasteiger partial charge < -0.3 is 14.9 Å². The average Bonchev–Trinajstić information content (AvgIpc) is 2.27. The molecule has 0 spiro atoms. The molecule has 7 heteroatoms. The zero-order valence-corrected chi connectivity index (χ0v) is 11.2. The predicted molar refractivity (Wildman–Crippen MR) is 69.2 cm³/mol. The summed E-state index contributed by atoms with van der Waals surface area (Å²) in [4.78, 5) is 22.6. The zero-order chi connectivity index (χ0) is 13.3. The van der Waals surface area contributed by atoms with Crippen molar-refractivity contribution in [3.05, 3.63) is 0 Å². The molecule has 0 aromatic carbocycles. The predicted octanol–water partition coefficient (Wildman–Crippen LogP) is 0.0555. The molecular weight excluding hydrogens is 264 g/mol. The van der Waals surface area contributed by atoms with Crippen LogP contribution in [0.25, 0.3) is 0 Å². The number of hydrogen-bond acceptors (Lipinski definition) is 7. The first kappa shape index (κ1) is 16.8. The molecule has 0 bridgehead atoms. The highest BCUT2D eigenvalue weighted by atomic mass is 32.1. The van der Waals surface area contributed by atoms with Crippen molar-refractivity contribution in [2.75, 3.05) is 18.1 Å². The number of aliphatic hydroxyl groups is 2. The number of esters is 2. The van der Waals surface area contributed by atoms with Crippen molar-refractivity contribution in [2.45, 2.75) is 25.4 Å². The summed E-state index contributed by atoms with van der Waals surface area (Å²) in [6, 6.07) is 0. The lowest BCUT2D eigenvalue weighted by atomic mass is 10.0. The molecule has 0 fully saturated rings. The van der Waals surface area contributed by atoms with E-state index in [0.717, 1.165) is 0 Å². The van der Waals surface area contributed by atoms with Gasteiger partial charge in [-0.1, -0.05) is 0 Å². The monoisotopic (exact) mass is 282 g/mol. The van der Waals surface area contributed by atoms with Crippen molar-refractivity contribution in [2.24, 2.45) is 5.92 Å². The lowest BCUT2D eigenvalue weighted by Gasteiger charge is -2.18. The third-order valence-corrected chi connectivity index (χ3v) is 2.77. The van der Waals surface area contributed by atoms with Crippen LogP contribution in [0.5, 0.6) is 0 Å². The molecule has 0 aliphatic rings. The van der Waals surface area contributed by atoms with Gasteiger partial charge in [-0.3, -0.25) is 9.59 Å². The summed E-state index contributed by atoms with van der Waals surface area (Å²) in [6.07, 6.45) is -0.280. The van der Waals surface area contributed by atoms with Gasteiger partial charge in [0, 0.05) is 18.1 Å². The highest BCUT2D eigenvalue weighted by Gasteiger charge is 2.28. The molecule has 0 saturated carbocycles. The Kier molecular flexibility index (Phi) is 9.62. The Bertz CT molecular complexity index is 247. The lowest BCUT2D eigenvalue weighted by Crippen LogP contribution is -2.33. The molecule has 0 aromatic heterocycles. The molecule has 0 aromatic rings.